The van der Waals surface area contributed by atoms with E-state index in [1.165, 1.54) is 26.1 Å². The maximum Gasteiger partial charge on any atom is 0.0246 e. The van der Waals surface area contributed by atoms with Crippen LogP contribution in [0.2, 0.25) is 0 Å². The van der Waals surface area contributed by atoms with Gasteiger partial charge in [0.05, 0.1) is 0 Å². The molecule has 0 aromatic carbocycles. The van der Waals surface area contributed by atoms with E-state index in [0.717, 1.165) is 17.9 Å². The van der Waals surface area contributed by atoms with Crippen LogP contribution in [-0.4, -0.2) is 36.6 Å². The molecule has 0 aromatic heterocycles. The molecule has 1 aliphatic heterocycles. The minimum atomic E-state index is 0.685. The van der Waals surface area contributed by atoms with Crippen LogP contribution in [0, 0.1) is 11.8 Å². The van der Waals surface area contributed by atoms with Crippen molar-refractivity contribution in [3.63, 3.8) is 0 Å². The Labute approximate surface area is 95.4 Å². The summed E-state index contributed by atoms with van der Waals surface area (Å²) >= 11 is 0. The van der Waals surface area contributed by atoms with Crippen LogP contribution in [-0.2, 0) is 0 Å². The summed E-state index contributed by atoms with van der Waals surface area (Å²) in [7, 11) is 0. The van der Waals surface area contributed by atoms with E-state index in [4.69, 9.17) is 0 Å². The van der Waals surface area contributed by atoms with Crippen molar-refractivity contribution in [2.24, 2.45) is 11.8 Å². The van der Waals surface area contributed by atoms with Crippen molar-refractivity contribution in [3.05, 3.63) is 0 Å². The monoisotopic (exact) mass is 212 g/mol. The normalized spacial score (nSPS) is 30.8. The van der Waals surface area contributed by atoms with Crippen LogP contribution >= 0.6 is 0 Å². The lowest BCUT2D eigenvalue weighted by molar-refractivity contribution is 0.0843. The van der Waals surface area contributed by atoms with Gasteiger partial charge in [-0.1, -0.05) is 41.0 Å². The smallest absolute Gasteiger partial charge is 0.0246 e. The minimum Gasteiger partial charge on any atom is -0.311 e. The Morgan fingerprint density at radius 2 is 1.93 bits per heavy atom. The molecule has 1 N–H and O–H groups in total. The Hall–Kier alpha value is -0.0800. The van der Waals surface area contributed by atoms with Crippen molar-refractivity contribution >= 4 is 0 Å². The second kappa shape index (κ2) is 5.86. The van der Waals surface area contributed by atoms with Crippen LogP contribution in [0.1, 0.15) is 41.0 Å². The molecule has 1 rings (SSSR count). The van der Waals surface area contributed by atoms with Gasteiger partial charge in [-0.15, -0.1) is 0 Å². The lowest BCUT2D eigenvalue weighted by Crippen LogP contribution is -2.59. The zero-order valence-electron chi connectivity index (χ0n) is 11.1. The number of nitrogens with zero attached hydrogens (tertiary/aromatic N) is 1. The van der Waals surface area contributed by atoms with E-state index in [1.807, 2.05) is 0 Å². The summed E-state index contributed by atoms with van der Waals surface area (Å²) in [6.45, 7) is 15.2. The molecule has 1 aliphatic rings. The van der Waals surface area contributed by atoms with Gasteiger partial charge in [0, 0.05) is 25.2 Å². The molecule has 2 heteroatoms. The number of rotatable bonds is 4. The Morgan fingerprint density at radius 1 is 1.27 bits per heavy atom. The highest BCUT2D eigenvalue weighted by atomic mass is 15.2. The van der Waals surface area contributed by atoms with Gasteiger partial charge in [-0.05, 0) is 18.4 Å². The van der Waals surface area contributed by atoms with Crippen molar-refractivity contribution in [1.29, 1.82) is 0 Å². The molecule has 0 spiro atoms. The Bertz CT molecular complexity index is 179. The average molecular weight is 212 g/mol. The van der Waals surface area contributed by atoms with Gasteiger partial charge in [-0.25, -0.2) is 0 Å². The van der Waals surface area contributed by atoms with Crippen LogP contribution in [0.15, 0.2) is 0 Å². The molecule has 3 atom stereocenters. The molecule has 0 radical (unpaired) electrons. The molecule has 3 unspecified atom stereocenters. The maximum absolute atomic E-state index is 3.71. The summed E-state index contributed by atoms with van der Waals surface area (Å²) in [4.78, 5) is 2.66. The van der Waals surface area contributed by atoms with Crippen LogP contribution in [0.3, 0.4) is 0 Å². The summed E-state index contributed by atoms with van der Waals surface area (Å²) < 4.78 is 0. The van der Waals surface area contributed by atoms with Gasteiger partial charge in [0.2, 0.25) is 0 Å². The van der Waals surface area contributed by atoms with Gasteiger partial charge < -0.3 is 5.32 Å². The van der Waals surface area contributed by atoms with Crippen molar-refractivity contribution in [1.82, 2.24) is 10.2 Å². The topological polar surface area (TPSA) is 15.3 Å². The van der Waals surface area contributed by atoms with Crippen molar-refractivity contribution in [3.8, 4) is 0 Å². The largest absolute Gasteiger partial charge is 0.311 e. The highest BCUT2D eigenvalue weighted by Gasteiger charge is 2.30. The van der Waals surface area contributed by atoms with Crippen molar-refractivity contribution in [2.75, 3.05) is 19.6 Å². The molecule has 0 aromatic rings. The third-order valence-corrected chi connectivity index (χ3v) is 4.00. The summed E-state index contributed by atoms with van der Waals surface area (Å²) in [5.41, 5.74) is 0. The SMILES string of the molecule is CCC(C)C1CNC(C(C)C)CN1CC. The molecular weight excluding hydrogens is 184 g/mol. The predicted octanol–water partition coefficient (Wildman–Crippen LogP) is 2.35. The first-order chi connectivity index (χ1) is 7.10. The number of hydrogen-bond donors (Lipinski definition) is 1. The Balaban J connectivity index is 2.56. The zero-order chi connectivity index (χ0) is 11.4. The highest BCUT2D eigenvalue weighted by molar-refractivity contribution is 4.89. The highest BCUT2D eigenvalue weighted by Crippen LogP contribution is 2.19. The predicted molar refractivity (Wildman–Crippen MR) is 67.1 cm³/mol. The van der Waals surface area contributed by atoms with Gasteiger partial charge in [0.15, 0.2) is 0 Å². The molecule has 0 saturated carbocycles. The number of piperazine rings is 1. The van der Waals surface area contributed by atoms with Gasteiger partial charge in [-0.2, -0.15) is 0 Å². The standard InChI is InChI=1S/C13H28N2/c1-6-11(5)13-8-14-12(10(3)4)9-15(13)7-2/h10-14H,6-9H2,1-5H3. The van der Waals surface area contributed by atoms with Crippen molar-refractivity contribution in [2.45, 2.75) is 53.1 Å². The first-order valence-corrected chi connectivity index (χ1v) is 6.57. The fourth-order valence-electron chi connectivity index (χ4n) is 2.50. The molecule has 0 bridgehead atoms. The number of likely N-dealkylation sites (N-methyl/N-ethyl adjacent to an activating group) is 1. The van der Waals surface area contributed by atoms with Gasteiger partial charge in [0.1, 0.15) is 0 Å². The van der Waals surface area contributed by atoms with E-state index < -0.39 is 0 Å². The quantitative estimate of drug-likeness (QED) is 0.769. The lowest BCUT2D eigenvalue weighted by Gasteiger charge is -2.43. The average Bonchev–Trinajstić information content (AvgIpc) is 2.27. The summed E-state index contributed by atoms with van der Waals surface area (Å²) in [6.07, 6.45) is 1.29. The summed E-state index contributed by atoms with van der Waals surface area (Å²) in [6, 6.07) is 1.43. The molecule has 1 saturated heterocycles. The number of hydrogen-bond acceptors (Lipinski definition) is 2. The van der Waals surface area contributed by atoms with Gasteiger partial charge in [0.25, 0.3) is 0 Å². The molecule has 1 fully saturated rings. The molecule has 0 amide bonds. The minimum absolute atomic E-state index is 0.685. The van der Waals surface area contributed by atoms with Crippen molar-refractivity contribution < 1.29 is 0 Å². The van der Waals surface area contributed by atoms with E-state index in [1.54, 1.807) is 0 Å². The molecule has 1 heterocycles. The molecule has 0 aliphatic carbocycles. The second-order valence-corrected chi connectivity index (χ2v) is 5.30. The third-order valence-electron chi connectivity index (χ3n) is 4.00. The molecule has 2 nitrogen and oxygen atoms in total. The van der Waals surface area contributed by atoms with Crippen LogP contribution in [0.4, 0.5) is 0 Å². The van der Waals surface area contributed by atoms with Crippen LogP contribution < -0.4 is 5.32 Å². The van der Waals surface area contributed by atoms with E-state index in [9.17, 15) is 0 Å². The lowest BCUT2D eigenvalue weighted by atomic mass is 9.92. The van der Waals surface area contributed by atoms with E-state index in [-0.39, 0.29) is 0 Å². The first-order valence-electron chi connectivity index (χ1n) is 6.57. The van der Waals surface area contributed by atoms with Gasteiger partial charge >= 0.3 is 0 Å². The number of nitrogens with one attached hydrogen (secondary N) is 1. The molecule has 15 heavy (non-hydrogen) atoms. The summed E-state index contributed by atoms with van der Waals surface area (Å²) in [5.74, 6) is 1.56. The summed E-state index contributed by atoms with van der Waals surface area (Å²) in [5, 5.41) is 3.71. The molecule has 90 valence electrons. The maximum atomic E-state index is 3.71. The van der Waals surface area contributed by atoms with Gasteiger partial charge in [-0.3, -0.25) is 4.90 Å². The fourth-order valence-corrected chi connectivity index (χ4v) is 2.50. The Morgan fingerprint density at radius 3 is 2.40 bits per heavy atom. The van der Waals surface area contributed by atoms with E-state index in [2.05, 4.69) is 44.8 Å². The fraction of sp³-hybridized carbons (Fsp3) is 1.00. The molecular formula is C13H28N2. The van der Waals surface area contributed by atoms with E-state index in [0.29, 0.717) is 6.04 Å². The second-order valence-electron chi connectivity index (χ2n) is 5.30. The van der Waals surface area contributed by atoms with E-state index >= 15 is 0 Å². The first kappa shape index (κ1) is 13.0. The zero-order valence-corrected chi connectivity index (χ0v) is 11.1. The van der Waals surface area contributed by atoms with Crippen LogP contribution in [0.25, 0.3) is 0 Å². The van der Waals surface area contributed by atoms with Crippen LogP contribution in [0.5, 0.6) is 0 Å². The third kappa shape index (κ3) is 3.18. The Kier molecular flexibility index (Phi) is 5.07.